The Hall–Kier alpha value is -0.620. The molecule has 2 aliphatic rings. The van der Waals surface area contributed by atoms with E-state index in [0.717, 1.165) is 32.1 Å². The summed E-state index contributed by atoms with van der Waals surface area (Å²) in [4.78, 5) is 0.448. The molecule has 0 spiro atoms. The number of benzene rings is 1. The lowest BCUT2D eigenvalue weighted by molar-refractivity contribution is 0.320. The molecule has 4 nitrogen and oxygen atoms in total. The van der Waals surface area contributed by atoms with Crippen molar-refractivity contribution in [3.8, 4) is 0 Å². The predicted molar refractivity (Wildman–Crippen MR) is 81.7 cm³/mol. The number of rotatable bonds is 2. The highest BCUT2D eigenvalue weighted by Gasteiger charge is 2.28. The van der Waals surface area contributed by atoms with E-state index < -0.39 is 10.0 Å². The van der Waals surface area contributed by atoms with E-state index in [9.17, 15) is 8.42 Å². The zero-order valence-electron chi connectivity index (χ0n) is 11.4. The van der Waals surface area contributed by atoms with Crippen molar-refractivity contribution >= 4 is 22.4 Å². The maximum atomic E-state index is 12.6. The number of fused-ring (bicyclic) bond motifs is 1. The van der Waals surface area contributed by atoms with E-state index in [2.05, 4.69) is 0 Å². The summed E-state index contributed by atoms with van der Waals surface area (Å²) in [6.45, 7) is 1.08. The van der Waals surface area contributed by atoms with Crippen LogP contribution in [0.2, 0.25) is 0 Å². The molecule has 112 valence electrons. The molecule has 1 aliphatic carbocycles. The first-order chi connectivity index (χ1) is 9.07. The molecule has 3 rings (SSSR count). The molecular formula is C14H21ClN2O2S. The molecule has 0 unspecified atom stereocenters. The van der Waals surface area contributed by atoms with E-state index in [1.807, 2.05) is 12.1 Å². The number of nitrogens with two attached hydrogens (primary N) is 1. The molecule has 1 aromatic rings. The number of piperidine rings is 1. The van der Waals surface area contributed by atoms with Crippen LogP contribution < -0.4 is 5.73 Å². The lowest BCUT2D eigenvalue weighted by Crippen LogP contribution is -2.42. The van der Waals surface area contributed by atoms with Crippen LogP contribution in [0.4, 0.5) is 0 Å². The molecule has 1 saturated heterocycles. The minimum atomic E-state index is -3.33. The monoisotopic (exact) mass is 316 g/mol. The molecule has 1 aliphatic heterocycles. The summed E-state index contributed by atoms with van der Waals surface area (Å²) in [5, 5.41) is 0. The van der Waals surface area contributed by atoms with Gasteiger partial charge in [0.25, 0.3) is 0 Å². The van der Waals surface area contributed by atoms with Crippen LogP contribution in [0.3, 0.4) is 0 Å². The number of aryl methyl sites for hydroxylation is 2. The molecule has 0 amide bonds. The van der Waals surface area contributed by atoms with Gasteiger partial charge in [-0.3, -0.25) is 0 Å². The van der Waals surface area contributed by atoms with E-state index in [1.54, 1.807) is 10.4 Å². The third-order valence-corrected chi connectivity index (χ3v) is 6.10. The Morgan fingerprint density at radius 3 is 2.45 bits per heavy atom. The first-order valence-electron chi connectivity index (χ1n) is 6.95. The van der Waals surface area contributed by atoms with Gasteiger partial charge in [-0.25, -0.2) is 8.42 Å². The summed E-state index contributed by atoms with van der Waals surface area (Å²) in [6.07, 6.45) is 4.73. The van der Waals surface area contributed by atoms with Gasteiger partial charge in [-0.1, -0.05) is 6.07 Å². The van der Waals surface area contributed by atoms with Crippen molar-refractivity contribution in [1.82, 2.24) is 4.31 Å². The van der Waals surface area contributed by atoms with Crippen LogP contribution >= 0.6 is 12.4 Å². The second kappa shape index (κ2) is 6.02. The Morgan fingerprint density at radius 2 is 1.75 bits per heavy atom. The zero-order chi connectivity index (χ0) is 13.5. The van der Waals surface area contributed by atoms with Gasteiger partial charge < -0.3 is 5.73 Å². The second-order valence-electron chi connectivity index (χ2n) is 5.53. The standard InChI is InChI=1S/C14H20N2O2S.ClH/c15-13-6-8-16(9-7-13)19(17,18)14-5-4-11-2-1-3-12(11)10-14;/h4-5,10,13H,1-3,6-9,15H2;1H. The summed E-state index contributed by atoms with van der Waals surface area (Å²) >= 11 is 0. The van der Waals surface area contributed by atoms with Gasteiger partial charge >= 0.3 is 0 Å². The molecular weight excluding hydrogens is 296 g/mol. The van der Waals surface area contributed by atoms with Crippen molar-refractivity contribution in [1.29, 1.82) is 0 Å². The van der Waals surface area contributed by atoms with Crippen molar-refractivity contribution in [2.75, 3.05) is 13.1 Å². The number of nitrogens with zero attached hydrogens (tertiary/aromatic N) is 1. The van der Waals surface area contributed by atoms with Crippen LogP contribution in [0.5, 0.6) is 0 Å². The lowest BCUT2D eigenvalue weighted by atomic mass is 10.1. The van der Waals surface area contributed by atoms with E-state index >= 15 is 0 Å². The van der Waals surface area contributed by atoms with Crippen molar-refractivity contribution in [3.63, 3.8) is 0 Å². The maximum Gasteiger partial charge on any atom is 0.243 e. The van der Waals surface area contributed by atoms with Crippen molar-refractivity contribution < 1.29 is 8.42 Å². The smallest absolute Gasteiger partial charge is 0.243 e. The van der Waals surface area contributed by atoms with Gasteiger partial charge in [-0.2, -0.15) is 4.31 Å². The van der Waals surface area contributed by atoms with E-state index in [4.69, 9.17) is 5.73 Å². The third kappa shape index (κ3) is 2.86. The van der Waals surface area contributed by atoms with Gasteiger partial charge in [0.1, 0.15) is 0 Å². The number of hydrogen-bond donors (Lipinski definition) is 1. The van der Waals surface area contributed by atoms with Gasteiger partial charge in [0.15, 0.2) is 0 Å². The SMILES string of the molecule is Cl.NC1CCN(S(=O)(=O)c2ccc3c(c2)CCC3)CC1. The van der Waals surface area contributed by atoms with E-state index in [0.29, 0.717) is 18.0 Å². The Labute approximate surface area is 126 Å². The topological polar surface area (TPSA) is 63.4 Å². The Kier molecular flexibility index (Phi) is 4.74. The summed E-state index contributed by atoms with van der Waals surface area (Å²) in [5.74, 6) is 0. The summed E-state index contributed by atoms with van der Waals surface area (Å²) < 4.78 is 26.7. The normalized spacial score (nSPS) is 20.4. The van der Waals surface area contributed by atoms with E-state index in [1.165, 1.54) is 11.1 Å². The first kappa shape index (κ1) is 15.8. The number of halogens is 1. The fourth-order valence-electron chi connectivity index (χ4n) is 2.97. The quantitative estimate of drug-likeness (QED) is 0.903. The van der Waals surface area contributed by atoms with Crippen molar-refractivity contribution in [2.24, 2.45) is 5.73 Å². The predicted octanol–water partition coefficient (Wildman–Crippen LogP) is 1.71. The van der Waals surface area contributed by atoms with Gasteiger partial charge in [0.2, 0.25) is 10.0 Å². The largest absolute Gasteiger partial charge is 0.328 e. The first-order valence-corrected chi connectivity index (χ1v) is 8.39. The molecule has 0 radical (unpaired) electrons. The summed E-state index contributed by atoms with van der Waals surface area (Å²) in [6, 6.07) is 5.75. The average molecular weight is 317 g/mol. The Bertz CT molecular complexity index is 581. The molecule has 20 heavy (non-hydrogen) atoms. The van der Waals surface area contributed by atoms with Crippen LogP contribution in [0.1, 0.15) is 30.4 Å². The molecule has 1 heterocycles. The number of hydrogen-bond acceptors (Lipinski definition) is 3. The molecule has 2 N–H and O–H groups in total. The molecule has 6 heteroatoms. The Balaban J connectivity index is 0.00000147. The minimum absolute atomic E-state index is 0. The molecule has 0 bridgehead atoms. The van der Waals surface area contributed by atoms with Crippen LogP contribution in [0, 0.1) is 0 Å². The fourth-order valence-corrected chi connectivity index (χ4v) is 4.49. The van der Waals surface area contributed by atoms with Gasteiger partial charge in [0.05, 0.1) is 4.90 Å². The maximum absolute atomic E-state index is 12.6. The van der Waals surface area contributed by atoms with Gasteiger partial charge in [0, 0.05) is 19.1 Å². The molecule has 0 atom stereocenters. The molecule has 0 aromatic heterocycles. The number of sulfonamides is 1. The highest BCUT2D eigenvalue weighted by molar-refractivity contribution is 7.89. The van der Waals surface area contributed by atoms with Crippen molar-refractivity contribution in [2.45, 2.75) is 43.0 Å². The van der Waals surface area contributed by atoms with Crippen molar-refractivity contribution in [3.05, 3.63) is 29.3 Å². The highest BCUT2D eigenvalue weighted by Crippen LogP contribution is 2.27. The minimum Gasteiger partial charge on any atom is -0.328 e. The van der Waals surface area contributed by atoms with Crippen LogP contribution in [0.25, 0.3) is 0 Å². The molecule has 1 fully saturated rings. The van der Waals surface area contributed by atoms with E-state index in [-0.39, 0.29) is 18.4 Å². The van der Waals surface area contributed by atoms with Crippen LogP contribution in [-0.4, -0.2) is 31.9 Å². The van der Waals surface area contributed by atoms with Gasteiger partial charge in [-0.05, 0) is 55.4 Å². The summed E-state index contributed by atoms with van der Waals surface area (Å²) in [5.41, 5.74) is 8.34. The second-order valence-corrected chi connectivity index (χ2v) is 7.46. The van der Waals surface area contributed by atoms with Crippen LogP contribution in [0.15, 0.2) is 23.1 Å². The summed E-state index contributed by atoms with van der Waals surface area (Å²) in [7, 11) is -3.33. The fraction of sp³-hybridized carbons (Fsp3) is 0.571. The van der Waals surface area contributed by atoms with Gasteiger partial charge in [-0.15, -0.1) is 12.4 Å². The zero-order valence-corrected chi connectivity index (χ0v) is 13.0. The molecule has 1 aromatic carbocycles. The lowest BCUT2D eigenvalue weighted by Gasteiger charge is -2.29. The highest BCUT2D eigenvalue weighted by atomic mass is 35.5. The van der Waals surface area contributed by atoms with Crippen LogP contribution in [-0.2, 0) is 22.9 Å². The Morgan fingerprint density at radius 1 is 1.10 bits per heavy atom. The average Bonchev–Trinajstić information content (AvgIpc) is 2.86. The third-order valence-electron chi connectivity index (χ3n) is 4.21. The molecule has 0 saturated carbocycles.